The van der Waals surface area contributed by atoms with Gasteiger partial charge in [0, 0.05) is 42.9 Å². The summed E-state index contributed by atoms with van der Waals surface area (Å²) in [7, 11) is 0. The Balaban J connectivity index is 1.19. The molecule has 0 bridgehead atoms. The van der Waals surface area contributed by atoms with E-state index >= 15 is 0 Å². The van der Waals surface area contributed by atoms with E-state index in [4.69, 9.17) is 10.7 Å². The van der Waals surface area contributed by atoms with E-state index in [1.807, 2.05) is 26.0 Å². The van der Waals surface area contributed by atoms with Gasteiger partial charge in [-0.1, -0.05) is 44.2 Å². The number of nitrogens with two attached hydrogens (primary N) is 1. The van der Waals surface area contributed by atoms with E-state index in [9.17, 15) is 18.0 Å². The van der Waals surface area contributed by atoms with Gasteiger partial charge in [-0.2, -0.15) is 28.4 Å². The molecule has 0 radical (unpaired) electrons. The minimum Gasteiger partial charge on any atom is -0.342 e. The molecule has 0 amide bonds. The van der Waals surface area contributed by atoms with Crippen molar-refractivity contribution in [3.8, 4) is 0 Å². The first-order valence-corrected chi connectivity index (χ1v) is 13.8. The van der Waals surface area contributed by atoms with Crippen molar-refractivity contribution in [2.24, 2.45) is 16.6 Å². The maximum atomic E-state index is 13.5. The number of benzene rings is 1. The number of hydrogen-bond donors (Lipinski definition) is 3. The fourth-order valence-corrected chi connectivity index (χ4v) is 6.97. The smallest absolute Gasteiger partial charge is 0.342 e. The monoisotopic (exact) mass is 564 g/mol. The lowest BCUT2D eigenvalue weighted by molar-refractivity contribution is -0.142. The van der Waals surface area contributed by atoms with Gasteiger partial charge in [-0.05, 0) is 41.2 Å². The number of alkyl halides is 3. The van der Waals surface area contributed by atoms with E-state index in [2.05, 4.69) is 43.4 Å². The second kappa shape index (κ2) is 8.78. The minimum atomic E-state index is -4.40. The lowest BCUT2D eigenvalue weighted by Gasteiger charge is -2.42. The van der Waals surface area contributed by atoms with Crippen LogP contribution in [0.5, 0.6) is 0 Å². The van der Waals surface area contributed by atoms with Crippen molar-refractivity contribution in [1.29, 1.82) is 0 Å². The zero-order valence-electron chi connectivity index (χ0n) is 22.8. The molecular formula is C29H31F3N8O. The highest BCUT2D eigenvalue weighted by Gasteiger charge is 2.46. The van der Waals surface area contributed by atoms with Crippen LogP contribution in [0.3, 0.4) is 0 Å². The second-order valence-electron chi connectivity index (χ2n) is 12.4. The molecule has 1 spiro atoms. The van der Waals surface area contributed by atoms with E-state index in [-0.39, 0.29) is 22.4 Å². The number of aromatic amines is 2. The van der Waals surface area contributed by atoms with Gasteiger partial charge >= 0.3 is 6.18 Å². The molecule has 214 valence electrons. The first-order chi connectivity index (χ1) is 19.4. The Labute approximate surface area is 233 Å². The van der Waals surface area contributed by atoms with Gasteiger partial charge in [0.2, 0.25) is 5.95 Å². The molecular weight excluding hydrogens is 533 g/mol. The van der Waals surface area contributed by atoms with Crippen LogP contribution in [-0.4, -0.2) is 49.2 Å². The number of hydrogen-bond acceptors (Lipinski definition) is 6. The Hall–Kier alpha value is -3.93. The van der Waals surface area contributed by atoms with Crippen LogP contribution < -0.4 is 16.2 Å². The molecule has 1 saturated heterocycles. The van der Waals surface area contributed by atoms with Gasteiger partial charge in [-0.25, -0.2) is 0 Å². The molecule has 41 heavy (non-hydrogen) atoms. The molecule has 0 unspecified atom stereocenters. The van der Waals surface area contributed by atoms with Gasteiger partial charge in [0.1, 0.15) is 17.6 Å². The topological polar surface area (TPSA) is 122 Å². The number of aromatic nitrogens is 6. The number of nitrogens with zero attached hydrogens (tertiary/aromatic N) is 5. The zero-order chi connectivity index (χ0) is 28.7. The predicted octanol–water partition coefficient (Wildman–Crippen LogP) is 4.26. The SMILES string of the molecule is CC1(C)C=C(c2n[nH]c3nc(N4CCC5(CC4)Cc4ccccc4[C@H]5N)[nH]c(=O)c23)c2cn(CC(F)(F)F)nc2C1. The number of fused-ring (bicyclic) bond motifs is 3. The molecule has 0 saturated carbocycles. The third-order valence-corrected chi connectivity index (χ3v) is 8.95. The van der Waals surface area contributed by atoms with Crippen molar-refractivity contribution in [3.05, 3.63) is 75.0 Å². The summed E-state index contributed by atoms with van der Waals surface area (Å²) in [6.07, 6.45) is 2.13. The lowest BCUT2D eigenvalue weighted by Crippen LogP contribution is -2.45. The van der Waals surface area contributed by atoms with Crippen molar-refractivity contribution >= 4 is 22.6 Å². The van der Waals surface area contributed by atoms with Crippen molar-refractivity contribution in [2.75, 3.05) is 18.0 Å². The number of rotatable bonds is 3. The van der Waals surface area contributed by atoms with Gasteiger partial charge in [0.15, 0.2) is 5.65 Å². The summed E-state index contributed by atoms with van der Waals surface area (Å²) in [4.78, 5) is 23.2. The molecule has 4 heterocycles. The van der Waals surface area contributed by atoms with Crippen LogP contribution in [0.15, 0.2) is 41.3 Å². The lowest BCUT2D eigenvalue weighted by atomic mass is 9.73. The number of nitrogens with one attached hydrogen (secondary N) is 2. The van der Waals surface area contributed by atoms with E-state index in [1.165, 1.54) is 17.3 Å². The van der Waals surface area contributed by atoms with E-state index in [0.717, 1.165) is 23.9 Å². The van der Waals surface area contributed by atoms with E-state index in [1.54, 1.807) is 0 Å². The van der Waals surface area contributed by atoms with Crippen molar-refractivity contribution in [2.45, 2.75) is 58.3 Å². The Kier molecular flexibility index (Phi) is 5.57. The average molecular weight is 565 g/mol. The Morgan fingerprint density at radius 1 is 1.15 bits per heavy atom. The largest absolute Gasteiger partial charge is 0.408 e. The number of allylic oxidation sites excluding steroid dienone is 1. The van der Waals surface area contributed by atoms with E-state index in [0.29, 0.717) is 53.6 Å². The summed E-state index contributed by atoms with van der Waals surface area (Å²) in [6, 6.07) is 8.37. The van der Waals surface area contributed by atoms with Crippen LogP contribution in [0.4, 0.5) is 19.1 Å². The Bertz CT molecular complexity index is 1750. The van der Waals surface area contributed by atoms with Crippen molar-refractivity contribution in [3.63, 3.8) is 0 Å². The van der Waals surface area contributed by atoms with Gasteiger partial charge in [0.05, 0.1) is 5.69 Å². The third-order valence-electron chi connectivity index (χ3n) is 8.95. The maximum Gasteiger partial charge on any atom is 0.408 e. The molecule has 4 aromatic rings. The highest BCUT2D eigenvalue weighted by Crippen LogP contribution is 2.51. The first kappa shape index (κ1) is 26.0. The number of piperidine rings is 1. The normalized spacial score (nSPS) is 21.3. The molecule has 3 aromatic heterocycles. The zero-order valence-corrected chi connectivity index (χ0v) is 22.8. The molecule has 1 aromatic carbocycles. The molecule has 7 rings (SSSR count). The number of anilines is 1. The third kappa shape index (κ3) is 4.35. The summed E-state index contributed by atoms with van der Waals surface area (Å²) in [5, 5.41) is 11.8. The Morgan fingerprint density at radius 2 is 1.90 bits per heavy atom. The van der Waals surface area contributed by atoms with E-state index < -0.39 is 18.1 Å². The fraction of sp³-hybridized carbons (Fsp3) is 0.448. The van der Waals surface area contributed by atoms with Crippen LogP contribution in [0, 0.1) is 10.8 Å². The second-order valence-corrected chi connectivity index (χ2v) is 12.4. The quantitative estimate of drug-likeness (QED) is 0.342. The highest BCUT2D eigenvalue weighted by molar-refractivity contribution is 5.94. The molecule has 9 nitrogen and oxygen atoms in total. The highest BCUT2D eigenvalue weighted by atomic mass is 19.4. The molecule has 12 heteroatoms. The van der Waals surface area contributed by atoms with Crippen LogP contribution in [0.1, 0.15) is 60.8 Å². The van der Waals surface area contributed by atoms with Gasteiger partial charge in [-0.3, -0.25) is 19.6 Å². The molecule has 3 aliphatic rings. The maximum absolute atomic E-state index is 13.5. The standard InChI is InChI=1S/C29H31F3N8O/c1-27(2)12-18(19-14-40(15-29(30,31)32)38-20(19)13-27)22-21-24(37-36-22)34-26(35-25(21)41)39-9-7-28(8-10-39)11-16-5-3-4-6-17(16)23(28)33/h3-6,12,14,23H,7-11,13,15,33H2,1-2H3,(H2,34,35,36,37,41)/t23-/m1/s1. The summed E-state index contributed by atoms with van der Waals surface area (Å²) in [5.41, 5.74) is 10.9. The average Bonchev–Trinajstić information content (AvgIpc) is 3.57. The van der Waals surface area contributed by atoms with Gasteiger partial charge < -0.3 is 10.6 Å². The molecule has 1 fully saturated rings. The van der Waals surface area contributed by atoms with Gasteiger partial charge in [-0.15, -0.1) is 0 Å². The Morgan fingerprint density at radius 3 is 2.63 bits per heavy atom. The summed E-state index contributed by atoms with van der Waals surface area (Å²) < 4.78 is 40.2. The van der Waals surface area contributed by atoms with Crippen LogP contribution >= 0.6 is 0 Å². The van der Waals surface area contributed by atoms with Crippen LogP contribution in [0.2, 0.25) is 0 Å². The first-order valence-electron chi connectivity index (χ1n) is 13.8. The van der Waals surface area contributed by atoms with Crippen LogP contribution in [0.25, 0.3) is 16.6 Å². The van der Waals surface area contributed by atoms with Gasteiger partial charge in [0.25, 0.3) is 5.56 Å². The fourth-order valence-electron chi connectivity index (χ4n) is 6.97. The minimum absolute atomic E-state index is 0.000261. The predicted molar refractivity (Wildman–Crippen MR) is 148 cm³/mol. The molecule has 1 atom stereocenters. The number of H-pyrrole nitrogens is 2. The molecule has 1 aliphatic heterocycles. The summed E-state index contributed by atoms with van der Waals surface area (Å²) in [5.74, 6) is 0.466. The summed E-state index contributed by atoms with van der Waals surface area (Å²) in [6.45, 7) is 4.18. The van der Waals surface area contributed by atoms with Crippen LogP contribution in [-0.2, 0) is 19.4 Å². The summed E-state index contributed by atoms with van der Waals surface area (Å²) >= 11 is 0. The van der Waals surface area contributed by atoms with Crippen molar-refractivity contribution in [1.82, 2.24) is 29.9 Å². The number of halogens is 3. The molecule has 2 aliphatic carbocycles. The van der Waals surface area contributed by atoms with Crippen molar-refractivity contribution < 1.29 is 13.2 Å². The molecule has 4 N–H and O–H groups in total.